The molecule has 2 N–H and O–H groups in total. The minimum absolute atomic E-state index is 0.471. The summed E-state index contributed by atoms with van der Waals surface area (Å²) < 4.78 is 0. The number of anilines is 1. The minimum Gasteiger partial charge on any atom is -0.399 e. The Bertz CT molecular complexity index is 258. The standard InChI is InChI=1S/C9H13ClN2S/c1-2-3-4-13-9-6-7(11)5-8(10)12-9/h5-6H,2-4H2,1H3,(H2,11,12). The minimum atomic E-state index is 0.471. The Morgan fingerprint density at radius 3 is 2.92 bits per heavy atom. The van der Waals surface area contributed by atoms with E-state index in [9.17, 15) is 0 Å². The van der Waals surface area contributed by atoms with Crippen LogP contribution in [0.2, 0.25) is 5.15 Å². The van der Waals surface area contributed by atoms with E-state index in [0.29, 0.717) is 10.8 Å². The molecule has 0 aliphatic heterocycles. The molecule has 0 spiro atoms. The number of halogens is 1. The van der Waals surface area contributed by atoms with E-state index in [1.165, 1.54) is 12.8 Å². The van der Waals surface area contributed by atoms with Crippen LogP contribution in [0.3, 0.4) is 0 Å². The summed E-state index contributed by atoms with van der Waals surface area (Å²) in [6.07, 6.45) is 2.39. The number of nitrogens with two attached hydrogens (primary N) is 1. The van der Waals surface area contributed by atoms with Crippen molar-refractivity contribution >= 4 is 29.1 Å². The molecular formula is C9H13ClN2S. The molecule has 0 saturated carbocycles. The van der Waals surface area contributed by atoms with Crippen molar-refractivity contribution in [1.82, 2.24) is 4.98 Å². The third-order valence-electron chi connectivity index (χ3n) is 1.54. The summed E-state index contributed by atoms with van der Waals surface area (Å²) in [5.41, 5.74) is 6.31. The van der Waals surface area contributed by atoms with Crippen molar-refractivity contribution in [3.05, 3.63) is 17.3 Å². The number of nitrogens with zero attached hydrogens (tertiary/aromatic N) is 1. The van der Waals surface area contributed by atoms with Crippen LogP contribution in [0.15, 0.2) is 17.2 Å². The van der Waals surface area contributed by atoms with Gasteiger partial charge in [0.1, 0.15) is 5.15 Å². The molecule has 4 heteroatoms. The van der Waals surface area contributed by atoms with E-state index < -0.39 is 0 Å². The molecule has 0 radical (unpaired) electrons. The third-order valence-corrected chi connectivity index (χ3v) is 2.73. The highest BCUT2D eigenvalue weighted by molar-refractivity contribution is 7.99. The SMILES string of the molecule is CCCCSc1cc(N)cc(Cl)n1. The second-order valence-electron chi connectivity index (χ2n) is 2.76. The number of nitrogen functional groups attached to an aromatic ring is 1. The molecule has 1 aromatic rings. The van der Waals surface area contributed by atoms with Crippen molar-refractivity contribution in [2.24, 2.45) is 0 Å². The molecule has 0 aromatic carbocycles. The summed E-state index contributed by atoms with van der Waals surface area (Å²) in [5.74, 6) is 1.07. The highest BCUT2D eigenvalue weighted by Gasteiger charge is 1.99. The van der Waals surface area contributed by atoms with Gasteiger partial charge in [0, 0.05) is 5.69 Å². The zero-order valence-electron chi connectivity index (χ0n) is 7.59. The lowest BCUT2D eigenvalue weighted by Crippen LogP contribution is -1.89. The lowest BCUT2D eigenvalue weighted by molar-refractivity contribution is 0.894. The quantitative estimate of drug-likeness (QED) is 0.477. The predicted molar refractivity (Wildman–Crippen MR) is 59.3 cm³/mol. The van der Waals surface area contributed by atoms with Crippen LogP contribution in [0.25, 0.3) is 0 Å². The fourth-order valence-corrected chi connectivity index (χ4v) is 2.18. The van der Waals surface area contributed by atoms with Gasteiger partial charge in [-0.2, -0.15) is 0 Å². The van der Waals surface area contributed by atoms with Gasteiger partial charge in [0.2, 0.25) is 0 Å². The largest absolute Gasteiger partial charge is 0.399 e. The Morgan fingerprint density at radius 1 is 1.54 bits per heavy atom. The molecule has 1 rings (SSSR count). The van der Waals surface area contributed by atoms with E-state index in [4.69, 9.17) is 17.3 Å². The van der Waals surface area contributed by atoms with Crippen LogP contribution in [0.1, 0.15) is 19.8 Å². The summed E-state index contributed by atoms with van der Waals surface area (Å²) in [4.78, 5) is 4.15. The van der Waals surface area contributed by atoms with Crippen molar-refractivity contribution in [3.8, 4) is 0 Å². The number of pyridine rings is 1. The van der Waals surface area contributed by atoms with Crippen molar-refractivity contribution in [1.29, 1.82) is 0 Å². The van der Waals surface area contributed by atoms with Gasteiger partial charge in [-0.05, 0) is 24.3 Å². The number of rotatable bonds is 4. The first-order valence-corrected chi connectivity index (χ1v) is 5.64. The van der Waals surface area contributed by atoms with E-state index in [1.807, 2.05) is 6.07 Å². The first-order chi connectivity index (χ1) is 6.22. The molecule has 1 aromatic heterocycles. The molecule has 0 atom stereocenters. The highest BCUT2D eigenvalue weighted by Crippen LogP contribution is 2.22. The summed E-state index contributed by atoms with van der Waals surface area (Å²) in [7, 11) is 0. The molecule has 2 nitrogen and oxygen atoms in total. The predicted octanol–water partition coefficient (Wildman–Crippen LogP) is 3.21. The molecular weight excluding hydrogens is 204 g/mol. The van der Waals surface area contributed by atoms with Crippen molar-refractivity contribution in [2.75, 3.05) is 11.5 Å². The Hall–Kier alpha value is -0.410. The van der Waals surface area contributed by atoms with Crippen molar-refractivity contribution in [3.63, 3.8) is 0 Å². The molecule has 0 bridgehead atoms. The van der Waals surface area contributed by atoms with Gasteiger partial charge in [-0.3, -0.25) is 0 Å². The van der Waals surface area contributed by atoms with Crippen LogP contribution < -0.4 is 5.73 Å². The fraction of sp³-hybridized carbons (Fsp3) is 0.444. The van der Waals surface area contributed by atoms with Crippen LogP contribution >= 0.6 is 23.4 Å². The smallest absolute Gasteiger partial charge is 0.132 e. The summed E-state index contributed by atoms with van der Waals surface area (Å²) in [6.45, 7) is 2.17. The van der Waals surface area contributed by atoms with Crippen molar-refractivity contribution in [2.45, 2.75) is 24.8 Å². The second-order valence-corrected chi connectivity index (χ2v) is 4.27. The number of aromatic nitrogens is 1. The van der Waals surface area contributed by atoms with Crippen LogP contribution in [-0.4, -0.2) is 10.7 Å². The maximum absolute atomic E-state index is 5.76. The van der Waals surface area contributed by atoms with Crippen LogP contribution in [0, 0.1) is 0 Å². The molecule has 0 aliphatic rings. The van der Waals surface area contributed by atoms with E-state index in [-0.39, 0.29) is 0 Å². The van der Waals surface area contributed by atoms with E-state index in [1.54, 1.807) is 17.8 Å². The number of hydrogen-bond donors (Lipinski definition) is 1. The number of hydrogen-bond acceptors (Lipinski definition) is 3. The molecule has 0 aliphatic carbocycles. The van der Waals surface area contributed by atoms with Crippen LogP contribution in [0.5, 0.6) is 0 Å². The maximum atomic E-state index is 5.76. The fourth-order valence-electron chi connectivity index (χ4n) is 0.887. The van der Waals surface area contributed by atoms with Gasteiger partial charge in [-0.25, -0.2) is 4.98 Å². The maximum Gasteiger partial charge on any atom is 0.132 e. The lowest BCUT2D eigenvalue weighted by atomic mass is 10.4. The van der Waals surface area contributed by atoms with E-state index in [0.717, 1.165) is 10.8 Å². The molecule has 0 amide bonds. The zero-order valence-corrected chi connectivity index (χ0v) is 9.16. The normalized spacial score (nSPS) is 10.3. The van der Waals surface area contributed by atoms with Gasteiger partial charge in [-0.1, -0.05) is 24.9 Å². The van der Waals surface area contributed by atoms with Gasteiger partial charge in [0.15, 0.2) is 0 Å². The molecule has 0 saturated heterocycles. The number of thioether (sulfide) groups is 1. The molecule has 13 heavy (non-hydrogen) atoms. The Kier molecular flexibility index (Phi) is 4.39. The molecule has 72 valence electrons. The van der Waals surface area contributed by atoms with Gasteiger partial charge < -0.3 is 5.73 Å². The van der Waals surface area contributed by atoms with Gasteiger partial charge in [-0.15, -0.1) is 11.8 Å². The zero-order chi connectivity index (χ0) is 9.68. The topological polar surface area (TPSA) is 38.9 Å². The Labute approximate surface area is 87.9 Å². The third kappa shape index (κ3) is 3.87. The van der Waals surface area contributed by atoms with Gasteiger partial charge in [0.05, 0.1) is 5.03 Å². The molecule has 0 unspecified atom stereocenters. The first-order valence-electron chi connectivity index (χ1n) is 4.28. The van der Waals surface area contributed by atoms with Crippen LogP contribution in [0.4, 0.5) is 5.69 Å². The van der Waals surface area contributed by atoms with Gasteiger partial charge >= 0.3 is 0 Å². The highest BCUT2D eigenvalue weighted by atomic mass is 35.5. The summed E-state index contributed by atoms with van der Waals surface area (Å²) >= 11 is 7.46. The average Bonchev–Trinajstić information content (AvgIpc) is 2.03. The summed E-state index contributed by atoms with van der Waals surface area (Å²) in [5, 5.41) is 1.39. The van der Waals surface area contributed by atoms with Gasteiger partial charge in [0.25, 0.3) is 0 Å². The summed E-state index contributed by atoms with van der Waals surface area (Å²) in [6, 6.07) is 3.51. The van der Waals surface area contributed by atoms with E-state index >= 15 is 0 Å². The monoisotopic (exact) mass is 216 g/mol. The Balaban J connectivity index is 2.56. The molecule has 0 fully saturated rings. The average molecular weight is 217 g/mol. The molecule has 1 heterocycles. The second kappa shape index (κ2) is 5.35. The lowest BCUT2D eigenvalue weighted by Gasteiger charge is -2.01. The first kappa shape index (κ1) is 10.7. The van der Waals surface area contributed by atoms with E-state index in [2.05, 4.69) is 11.9 Å². The number of unbranched alkanes of at least 4 members (excludes halogenated alkanes) is 1. The Morgan fingerprint density at radius 2 is 2.31 bits per heavy atom. The van der Waals surface area contributed by atoms with Crippen LogP contribution in [-0.2, 0) is 0 Å². The van der Waals surface area contributed by atoms with Crippen molar-refractivity contribution < 1.29 is 0 Å².